The monoisotopic (exact) mass is 286 g/mol. The lowest BCUT2D eigenvalue weighted by Gasteiger charge is -2.25. The van der Waals surface area contributed by atoms with Crippen molar-refractivity contribution >= 4 is 10.0 Å². The van der Waals surface area contributed by atoms with Gasteiger partial charge in [-0.15, -0.1) is 0 Å². The number of likely N-dealkylation sites (N-methyl/N-ethyl adjacent to an activating group) is 1. The maximum Gasteiger partial charge on any atom is 0.211 e. The molecule has 2 atom stereocenters. The molecule has 19 heavy (non-hydrogen) atoms. The summed E-state index contributed by atoms with van der Waals surface area (Å²) in [5.74, 6) is 0. The third-order valence-electron chi connectivity index (χ3n) is 3.02. The summed E-state index contributed by atoms with van der Waals surface area (Å²) in [7, 11) is -3.30. The number of sulfonamides is 1. The Bertz CT molecular complexity index is 476. The Morgan fingerprint density at radius 1 is 1.32 bits per heavy atom. The predicted molar refractivity (Wildman–Crippen MR) is 76.2 cm³/mol. The van der Waals surface area contributed by atoms with E-state index in [0.717, 1.165) is 11.8 Å². The standard InChI is InChI=1S/C13H22N2O3S/c1-3-15(19(2,17)18)10-13(16)12(14)9-11-7-5-4-6-8-11/h4-8,12-13,16H,3,9-10,14H2,1-2H3/t12?,13-/m1/s1. The highest BCUT2D eigenvalue weighted by Crippen LogP contribution is 2.07. The predicted octanol–water partition coefficient (Wildman–Crippen LogP) is 0.199. The SMILES string of the molecule is CCN(C[C@@H](O)C(N)Cc1ccccc1)S(C)(=O)=O. The van der Waals surface area contributed by atoms with Gasteiger partial charge in [0.2, 0.25) is 10.0 Å². The number of nitrogens with two attached hydrogens (primary N) is 1. The van der Waals surface area contributed by atoms with Crippen LogP contribution < -0.4 is 5.73 Å². The van der Waals surface area contributed by atoms with E-state index in [9.17, 15) is 13.5 Å². The number of benzene rings is 1. The van der Waals surface area contributed by atoms with Crippen molar-refractivity contribution < 1.29 is 13.5 Å². The first-order valence-electron chi connectivity index (χ1n) is 6.27. The van der Waals surface area contributed by atoms with Crippen LogP contribution in [0.2, 0.25) is 0 Å². The molecule has 3 N–H and O–H groups in total. The van der Waals surface area contributed by atoms with Crippen LogP contribution in [0.1, 0.15) is 12.5 Å². The Labute approximate surface area is 115 Å². The number of hydrogen-bond donors (Lipinski definition) is 2. The second kappa shape index (κ2) is 7.00. The lowest BCUT2D eigenvalue weighted by Crippen LogP contribution is -2.46. The minimum atomic E-state index is -3.30. The Kier molecular flexibility index (Phi) is 5.93. The van der Waals surface area contributed by atoms with Gasteiger partial charge in [-0.2, -0.15) is 4.31 Å². The largest absolute Gasteiger partial charge is 0.390 e. The maximum atomic E-state index is 11.5. The molecule has 1 aromatic rings. The summed E-state index contributed by atoms with van der Waals surface area (Å²) in [5, 5.41) is 10.0. The molecule has 0 bridgehead atoms. The van der Waals surface area contributed by atoms with Gasteiger partial charge in [0.1, 0.15) is 0 Å². The van der Waals surface area contributed by atoms with Gasteiger partial charge in [-0.3, -0.25) is 0 Å². The zero-order valence-corrected chi connectivity index (χ0v) is 12.2. The molecule has 1 rings (SSSR count). The fraction of sp³-hybridized carbons (Fsp3) is 0.538. The highest BCUT2D eigenvalue weighted by Gasteiger charge is 2.22. The molecule has 0 aliphatic carbocycles. The smallest absolute Gasteiger partial charge is 0.211 e. The minimum Gasteiger partial charge on any atom is -0.390 e. The fourth-order valence-electron chi connectivity index (χ4n) is 1.87. The Morgan fingerprint density at radius 3 is 2.37 bits per heavy atom. The van der Waals surface area contributed by atoms with Crippen LogP contribution in [-0.4, -0.2) is 49.3 Å². The first-order valence-corrected chi connectivity index (χ1v) is 8.12. The molecule has 0 aliphatic heterocycles. The maximum absolute atomic E-state index is 11.5. The van der Waals surface area contributed by atoms with Crippen molar-refractivity contribution in [3.63, 3.8) is 0 Å². The molecule has 108 valence electrons. The van der Waals surface area contributed by atoms with Gasteiger partial charge in [-0.25, -0.2) is 8.42 Å². The summed E-state index contributed by atoms with van der Waals surface area (Å²) in [6.07, 6.45) is 0.768. The molecular weight excluding hydrogens is 264 g/mol. The summed E-state index contributed by atoms with van der Waals surface area (Å²) in [4.78, 5) is 0. The molecule has 0 saturated heterocycles. The van der Waals surface area contributed by atoms with E-state index < -0.39 is 22.2 Å². The number of nitrogens with zero attached hydrogens (tertiary/aromatic N) is 1. The van der Waals surface area contributed by atoms with Gasteiger partial charge in [-0.05, 0) is 12.0 Å². The average Bonchev–Trinajstić information content (AvgIpc) is 2.35. The van der Waals surface area contributed by atoms with Gasteiger partial charge in [0.15, 0.2) is 0 Å². The summed E-state index contributed by atoms with van der Waals surface area (Å²) in [5.41, 5.74) is 6.95. The highest BCUT2D eigenvalue weighted by atomic mass is 32.2. The molecule has 6 heteroatoms. The van der Waals surface area contributed by atoms with E-state index in [1.807, 2.05) is 30.3 Å². The minimum absolute atomic E-state index is 0.0311. The molecular formula is C13H22N2O3S. The van der Waals surface area contributed by atoms with Crippen molar-refractivity contribution in [3.05, 3.63) is 35.9 Å². The van der Waals surface area contributed by atoms with Gasteiger partial charge in [0.05, 0.1) is 12.4 Å². The molecule has 0 saturated carbocycles. The van der Waals surface area contributed by atoms with Crippen LogP contribution in [0.15, 0.2) is 30.3 Å². The van der Waals surface area contributed by atoms with Crippen molar-refractivity contribution in [1.29, 1.82) is 0 Å². The van der Waals surface area contributed by atoms with Crippen LogP contribution in [0.4, 0.5) is 0 Å². The lowest BCUT2D eigenvalue weighted by molar-refractivity contribution is 0.120. The van der Waals surface area contributed by atoms with Crippen LogP contribution >= 0.6 is 0 Å². The lowest BCUT2D eigenvalue weighted by atomic mass is 10.0. The summed E-state index contributed by atoms with van der Waals surface area (Å²) >= 11 is 0. The van der Waals surface area contributed by atoms with E-state index in [2.05, 4.69) is 0 Å². The van der Waals surface area contributed by atoms with Crippen LogP contribution in [0.25, 0.3) is 0 Å². The van der Waals surface area contributed by atoms with Crippen molar-refractivity contribution in [3.8, 4) is 0 Å². The van der Waals surface area contributed by atoms with Gasteiger partial charge in [0.25, 0.3) is 0 Å². The van der Waals surface area contributed by atoms with Gasteiger partial charge >= 0.3 is 0 Å². The summed E-state index contributed by atoms with van der Waals surface area (Å²) in [6.45, 7) is 2.09. The van der Waals surface area contributed by atoms with E-state index in [0.29, 0.717) is 13.0 Å². The average molecular weight is 286 g/mol. The topological polar surface area (TPSA) is 83.6 Å². The highest BCUT2D eigenvalue weighted by molar-refractivity contribution is 7.88. The summed E-state index contributed by atoms with van der Waals surface area (Å²) < 4.78 is 24.1. The van der Waals surface area contributed by atoms with Gasteiger partial charge in [0, 0.05) is 19.1 Å². The zero-order valence-electron chi connectivity index (χ0n) is 11.4. The molecule has 0 radical (unpaired) electrons. The third-order valence-corrected chi connectivity index (χ3v) is 4.37. The molecule has 0 aliphatic rings. The first kappa shape index (κ1) is 16.1. The van der Waals surface area contributed by atoms with Gasteiger partial charge < -0.3 is 10.8 Å². The quantitative estimate of drug-likeness (QED) is 0.750. The summed E-state index contributed by atoms with van der Waals surface area (Å²) in [6, 6.07) is 9.10. The Balaban J connectivity index is 2.60. The van der Waals surface area contributed by atoms with Gasteiger partial charge in [-0.1, -0.05) is 37.3 Å². The van der Waals surface area contributed by atoms with E-state index in [1.54, 1.807) is 6.92 Å². The van der Waals surface area contributed by atoms with E-state index in [1.165, 1.54) is 4.31 Å². The number of hydrogen-bond acceptors (Lipinski definition) is 4. The molecule has 1 unspecified atom stereocenters. The zero-order chi connectivity index (χ0) is 14.5. The molecule has 0 fully saturated rings. The van der Waals surface area contributed by atoms with E-state index >= 15 is 0 Å². The van der Waals surface area contributed by atoms with Crippen molar-refractivity contribution in [2.24, 2.45) is 5.73 Å². The second-order valence-electron chi connectivity index (χ2n) is 4.63. The van der Waals surface area contributed by atoms with Crippen molar-refractivity contribution in [1.82, 2.24) is 4.31 Å². The van der Waals surface area contributed by atoms with Crippen LogP contribution in [0.3, 0.4) is 0 Å². The van der Waals surface area contributed by atoms with E-state index in [-0.39, 0.29) is 6.54 Å². The van der Waals surface area contributed by atoms with E-state index in [4.69, 9.17) is 5.73 Å². The number of aliphatic hydroxyl groups excluding tert-OH is 1. The molecule has 0 spiro atoms. The fourth-order valence-corrected chi connectivity index (χ4v) is 2.76. The first-order chi connectivity index (χ1) is 8.84. The number of aliphatic hydroxyl groups is 1. The van der Waals surface area contributed by atoms with Crippen LogP contribution in [0.5, 0.6) is 0 Å². The molecule has 0 aromatic heterocycles. The normalized spacial score (nSPS) is 15.4. The molecule has 5 nitrogen and oxygen atoms in total. The Hall–Kier alpha value is -0.950. The van der Waals surface area contributed by atoms with Crippen molar-refractivity contribution in [2.45, 2.75) is 25.5 Å². The molecule has 0 heterocycles. The van der Waals surface area contributed by atoms with Crippen LogP contribution in [0, 0.1) is 0 Å². The molecule has 0 amide bonds. The molecule has 1 aromatic carbocycles. The third kappa shape index (κ3) is 5.28. The van der Waals surface area contributed by atoms with Crippen molar-refractivity contribution in [2.75, 3.05) is 19.3 Å². The number of rotatable bonds is 7. The van der Waals surface area contributed by atoms with Crippen LogP contribution in [-0.2, 0) is 16.4 Å². The second-order valence-corrected chi connectivity index (χ2v) is 6.62. The Morgan fingerprint density at radius 2 is 1.89 bits per heavy atom.